The van der Waals surface area contributed by atoms with E-state index in [9.17, 15) is 4.79 Å². The van der Waals surface area contributed by atoms with Gasteiger partial charge in [0.05, 0.1) is 13.0 Å². The van der Waals surface area contributed by atoms with Crippen molar-refractivity contribution >= 4 is 45.3 Å². The molecule has 1 fully saturated rings. The first-order valence-corrected chi connectivity index (χ1v) is 9.09. The van der Waals surface area contributed by atoms with E-state index in [-0.39, 0.29) is 11.7 Å². The molecule has 3 nitrogen and oxygen atoms in total. The third-order valence-corrected chi connectivity index (χ3v) is 6.00. The first-order chi connectivity index (χ1) is 5.84. The lowest BCUT2D eigenvalue weighted by molar-refractivity contribution is -0.877. The van der Waals surface area contributed by atoms with Crippen molar-refractivity contribution in [2.24, 2.45) is 0 Å². The number of urea groups is 1. The van der Waals surface area contributed by atoms with Gasteiger partial charge in [-0.3, -0.25) is 4.90 Å². The number of rotatable bonds is 1. The van der Waals surface area contributed by atoms with E-state index < -0.39 is 6.00 Å². The van der Waals surface area contributed by atoms with Crippen molar-refractivity contribution in [3.05, 3.63) is 0 Å². The molecule has 1 rings (SSSR count). The van der Waals surface area contributed by atoms with Gasteiger partial charge >= 0.3 is 12.0 Å². The molecule has 7 heteroatoms. The van der Waals surface area contributed by atoms with Crippen LogP contribution in [0.1, 0.15) is 6.42 Å². The number of nitrogens with zero attached hydrogens (tertiary/aromatic N) is 1. The molecule has 2 unspecified atom stereocenters. The van der Waals surface area contributed by atoms with Gasteiger partial charge in [-0.1, -0.05) is 0 Å². The van der Waals surface area contributed by atoms with Crippen molar-refractivity contribution in [2.45, 2.75) is 12.1 Å². The van der Waals surface area contributed by atoms with E-state index >= 15 is 0 Å². The van der Waals surface area contributed by atoms with Gasteiger partial charge in [-0.15, -0.1) is 33.2 Å². The monoisotopic (exact) mass is 261 g/mol. The molecule has 0 aromatic heterocycles. The summed E-state index contributed by atoms with van der Waals surface area (Å²) in [5.41, 5.74) is -0.0626. The minimum absolute atomic E-state index is 0.00933. The average molecular weight is 263 g/mol. The van der Waals surface area contributed by atoms with Gasteiger partial charge in [0.2, 0.25) is 0 Å². The van der Waals surface area contributed by atoms with E-state index in [0.717, 1.165) is 17.9 Å². The Kier molecular flexibility index (Phi) is 3.52. The van der Waals surface area contributed by atoms with E-state index in [2.05, 4.69) is 0 Å². The molecule has 2 amide bonds. The highest BCUT2D eigenvalue weighted by Gasteiger charge is 2.53. The van der Waals surface area contributed by atoms with Gasteiger partial charge < -0.3 is 0 Å². The molecule has 1 N–H and O–H groups in total. The summed E-state index contributed by atoms with van der Waals surface area (Å²) in [5.74, 6) is 0. The van der Waals surface area contributed by atoms with Crippen LogP contribution in [0.4, 0.5) is 4.79 Å². The van der Waals surface area contributed by atoms with Crippen LogP contribution in [0.2, 0.25) is 0 Å². The maximum absolute atomic E-state index is 11.5. The molecule has 0 aromatic carbocycles. The minimum atomic E-state index is -2.71. The summed E-state index contributed by atoms with van der Waals surface area (Å²) in [4.78, 5) is 13.8. The summed E-state index contributed by atoms with van der Waals surface area (Å²) in [6.45, 7) is 0.780. The fourth-order valence-corrected chi connectivity index (χ4v) is 4.64. The van der Waals surface area contributed by atoms with Crippen molar-refractivity contribution in [1.29, 1.82) is 0 Å². The second-order valence-corrected chi connectivity index (χ2v) is 12.2. The quantitative estimate of drug-likeness (QED) is 0.541. The maximum atomic E-state index is 11.5. The third-order valence-electron chi connectivity index (χ3n) is 2.20. The highest BCUT2D eigenvalue weighted by molar-refractivity contribution is 7.65. The Balaban J connectivity index is 2.60. The van der Waals surface area contributed by atoms with Crippen molar-refractivity contribution in [1.82, 2.24) is 4.90 Å². The molecule has 0 aliphatic carbocycles. The van der Waals surface area contributed by atoms with E-state index in [1.165, 1.54) is 4.90 Å². The number of quaternary nitrogens is 1. The first-order valence-electron chi connectivity index (χ1n) is 3.98. The molecule has 0 spiro atoms. The van der Waals surface area contributed by atoms with Gasteiger partial charge in [0.15, 0.2) is 0 Å². The number of halogens is 3. The Morgan fingerprint density at radius 1 is 1.46 bits per heavy atom. The van der Waals surface area contributed by atoms with Crippen LogP contribution in [0.5, 0.6) is 0 Å². The number of amides is 2. The summed E-state index contributed by atoms with van der Waals surface area (Å²) in [7, 11) is 3.43. The number of hydrogen-bond donors (Lipinski definition) is 1. The molecule has 76 valence electrons. The highest BCUT2D eigenvalue weighted by Crippen LogP contribution is 2.26. The van der Waals surface area contributed by atoms with E-state index in [0.29, 0.717) is 0 Å². The fraction of sp³-hybridized carbons (Fsp3) is 0.833. The number of carbonyl (C=O) groups is 1. The molecule has 0 radical (unpaired) electrons. The molecule has 1 aliphatic heterocycles. The summed E-state index contributed by atoms with van der Waals surface area (Å²) in [6.07, 6.45) is 0.845. The van der Waals surface area contributed by atoms with Gasteiger partial charge in [-0.2, -0.15) is 0 Å². The van der Waals surface area contributed by atoms with Gasteiger partial charge in [-0.05, 0) is 0 Å². The summed E-state index contributed by atoms with van der Waals surface area (Å²) < 4.78 is 0. The van der Waals surface area contributed by atoms with Crippen molar-refractivity contribution in [3.8, 4) is 0 Å². The summed E-state index contributed by atoms with van der Waals surface area (Å²) in [5, 5.41) is 0. The topological polar surface area (TPSA) is 24.8 Å². The van der Waals surface area contributed by atoms with Gasteiger partial charge in [0.1, 0.15) is 5.67 Å². The molecular formula is C6H12Cl3N2OSi+. The Morgan fingerprint density at radius 3 is 2.23 bits per heavy atom. The second-order valence-electron chi connectivity index (χ2n) is 3.36. The second kappa shape index (κ2) is 3.94. The fourth-order valence-electron chi connectivity index (χ4n) is 1.34. The molecular weight excluding hydrogens is 251 g/mol. The predicted octanol–water partition coefficient (Wildman–Crippen LogP) is 0.520. The zero-order chi connectivity index (χ0) is 10.2. The van der Waals surface area contributed by atoms with Crippen molar-refractivity contribution in [2.75, 3.05) is 20.6 Å². The lowest BCUT2D eigenvalue weighted by Crippen LogP contribution is -3.26. The Morgan fingerprint density at radius 2 is 2.00 bits per heavy atom. The van der Waals surface area contributed by atoms with Crippen LogP contribution in [0.15, 0.2) is 0 Å². The minimum Gasteiger partial charge on any atom is -0.299 e. The van der Waals surface area contributed by atoms with Crippen LogP contribution >= 0.6 is 33.2 Å². The third kappa shape index (κ3) is 2.50. The molecule has 1 saturated heterocycles. The number of nitrogens with one attached hydrogen (secondary N) is 1. The van der Waals surface area contributed by atoms with Crippen LogP contribution in [-0.4, -0.2) is 43.2 Å². The van der Waals surface area contributed by atoms with E-state index in [1.54, 1.807) is 14.1 Å². The Bertz CT molecular complexity index is 218. The zero-order valence-electron chi connectivity index (χ0n) is 7.48. The molecule has 1 aliphatic rings. The Hall–Kier alpha value is 0.517. The molecule has 0 bridgehead atoms. The average Bonchev–Trinajstić information content (AvgIpc) is 1.79. The molecule has 2 atom stereocenters. The first kappa shape index (κ1) is 11.6. The number of likely N-dealkylation sites (tertiary alicyclic amines) is 1. The lowest BCUT2D eigenvalue weighted by atomic mass is 10.2. The largest absolute Gasteiger partial charge is 0.417 e. The predicted molar refractivity (Wildman–Crippen MR) is 56.6 cm³/mol. The molecule has 1 heterocycles. The standard InChI is InChI=1S/C6H11Cl3N2OSi/c1-10(2)6(12)11-4-3-5(11)13(7,8)9/h5H,3-4H2,1-2H3/p+1. The highest BCUT2D eigenvalue weighted by atomic mass is 35.8. The van der Waals surface area contributed by atoms with Crippen LogP contribution in [0.25, 0.3) is 0 Å². The van der Waals surface area contributed by atoms with Crippen LogP contribution in [-0.2, 0) is 0 Å². The summed E-state index contributed by atoms with van der Waals surface area (Å²) >= 11 is 17.6. The molecule has 13 heavy (non-hydrogen) atoms. The molecule has 0 aromatic rings. The smallest absolute Gasteiger partial charge is 0.299 e. The summed E-state index contributed by atoms with van der Waals surface area (Å²) in [6, 6.07) is -2.70. The van der Waals surface area contributed by atoms with Gasteiger partial charge in [-0.25, -0.2) is 9.69 Å². The Labute approximate surface area is 92.6 Å². The van der Waals surface area contributed by atoms with Crippen LogP contribution < -0.4 is 4.90 Å². The number of carbonyl (C=O) groups excluding carboxylic acids is 1. The number of hydrogen-bond acceptors (Lipinski definition) is 1. The van der Waals surface area contributed by atoms with E-state index in [1.807, 2.05) is 0 Å². The molecule has 0 saturated carbocycles. The van der Waals surface area contributed by atoms with Crippen molar-refractivity contribution < 1.29 is 9.69 Å². The van der Waals surface area contributed by atoms with E-state index in [4.69, 9.17) is 33.2 Å². The van der Waals surface area contributed by atoms with Gasteiger partial charge in [0, 0.05) is 14.1 Å². The SMILES string of the molecule is CN(C)C(=O)[NH+]1CCC1[Si](Cl)(Cl)Cl. The van der Waals surface area contributed by atoms with Crippen LogP contribution in [0, 0.1) is 0 Å². The normalized spacial score (nSPS) is 28.1. The maximum Gasteiger partial charge on any atom is 0.417 e. The van der Waals surface area contributed by atoms with Gasteiger partial charge in [0.25, 0.3) is 0 Å². The van der Waals surface area contributed by atoms with Crippen LogP contribution in [0.3, 0.4) is 0 Å². The van der Waals surface area contributed by atoms with Crippen molar-refractivity contribution in [3.63, 3.8) is 0 Å². The lowest BCUT2D eigenvalue weighted by Gasteiger charge is -2.38. The zero-order valence-corrected chi connectivity index (χ0v) is 10.7.